The molecule has 0 aromatic carbocycles. The number of aliphatic hydroxyl groups is 17. The van der Waals surface area contributed by atoms with Gasteiger partial charge in [-0.3, -0.25) is 0 Å². The van der Waals surface area contributed by atoms with Crippen molar-refractivity contribution in [3.8, 4) is 0 Å². The van der Waals surface area contributed by atoms with Gasteiger partial charge in [0, 0.05) is 18.8 Å². The van der Waals surface area contributed by atoms with Gasteiger partial charge in [0.2, 0.25) is 0 Å². The lowest BCUT2D eigenvalue weighted by atomic mass is 9.96. The fourth-order valence-corrected chi connectivity index (χ4v) is 6.92. The Morgan fingerprint density at radius 1 is 0.508 bits per heavy atom. The Bertz CT molecular complexity index is 1220. The van der Waals surface area contributed by atoms with Crippen LogP contribution in [0.25, 0.3) is 0 Å². The molecule has 4 rings (SSSR count). The maximum absolute atomic E-state index is 11.3. The van der Waals surface area contributed by atoms with Gasteiger partial charge >= 0.3 is 0 Å². The van der Waals surface area contributed by atoms with E-state index in [2.05, 4.69) is 17.9 Å². The second-order valence-corrected chi connectivity index (χ2v) is 15.0. The molecule has 27 heteroatoms. The van der Waals surface area contributed by atoms with Gasteiger partial charge in [0.15, 0.2) is 25.2 Å². The molecule has 0 bridgehead atoms. The monoisotopic (exact) mass is 889 g/mol. The van der Waals surface area contributed by atoms with Crippen molar-refractivity contribution in [2.45, 2.75) is 147 Å². The summed E-state index contributed by atoms with van der Waals surface area (Å²) in [5.41, 5.74) is 0. The van der Waals surface area contributed by atoms with Crippen LogP contribution < -0.4 is 5.32 Å². The number of rotatable bonds is 20. The minimum atomic E-state index is -2.15. The van der Waals surface area contributed by atoms with Crippen LogP contribution in [0.5, 0.6) is 0 Å². The zero-order valence-corrected chi connectivity index (χ0v) is 32.2. The van der Waals surface area contributed by atoms with E-state index in [0.717, 1.165) is 0 Å². The summed E-state index contributed by atoms with van der Waals surface area (Å²) < 4.78 is 43.9. The first kappa shape index (κ1) is 50.9. The van der Waals surface area contributed by atoms with Crippen LogP contribution in [0.2, 0.25) is 0 Å². The van der Waals surface area contributed by atoms with Crippen LogP contribution in [0.3, 0.4) is 0 Å². The van der Waals surface area contributed by atoms with Gasteiger partial charge in [-0.1, -0.05) is 0 Å². The molecule has 4 aliphatic rings. The average Bonchev–Trinajstić information content (AvgIpc) is 3.22. The summed E-state index contributed by atoms with van der Waals surface area (Å²) in [5, 5.41) is 180. The second kappa shape index (κ2) is 23.3. The lowest BCUT2D eigenvalue weighted by Crippen LogP contribution is -2.65. The number of ether oxygens (including phenoxy) is 8. The molecule has 4 heterocycles. The van der Waals surface area contributed by atoms with Crippen LogP contribution in [-0.4, -0.2) is 286 Å². The molecule has 0 unspecified atom stereocenters. The molecule has 4 aliphatic heterocycles. The Kier molecular flexibility index (Phi) is 20.1. The first-order valence-electron chi connectivity index (χ1n) is 18.7. The van der Waals surface area contributed by atoms with Crippen LogP contribution in [-0.2, 0) is 37.9 Å². The lowest BCUT2D eigenvalue weighted by Gasteiger charge is -2.46. The highest BCUT2D eigenvalue weighted by Crippen LogP contribution is 2.32. The molecule has 0 aromatic heterocycles. The SMILES string of the molecule is OC[C@H]1O[C@H](OC[C@H]2O[C@H](OC[C@@H](O)[C@@H](O)[C@H](O[C@H]3O[C@H](CO)[C@@H](O)[C@H](O)[C@@H]3O)[C@H](O)CNCCS)[C@@H](O)[C@@H](O[C@H]3O[C@H](CO)[C@@H](O)[C@H](O)[C@@H]3O)[C@@H]2O)[C@@H](O)[C@@H](O)[C@@H]1O. The summed E-state index contributed by atoms with van der Waals surface area (Å²) >= 11 is 4.05. The van der Waals surface area contributed by atoms with Crippen LogP contribution in [0, 0.1) is 0 Å². The zero-order chi connectivity index (χ0) is 43.9. The van der Waals surface area contributed by atoms with E-state index in [1.165, 1.54) is 0 Å². The van der Waals surface area contributed by atoms with Gasteiger partial charge in [-0.15, -0.1) is 0 Å². The van der Waals surface area contributed by atoms with Gasteiger partial charge in [-0.25, -0.2) is 0 Å². The molecule has 0 aromatic rings. The summed E-state index contributed by atoms with van der Waals surface area (Å²) in [7, 11) is 0. The summed E-state index contributed by atoms with van der Waals surface area (Å²) in [6.45, 7) is -4.35. The van der Waals surface area contributed by atoms with Gasteiger partial charge in [0.1, 0.15) is 116 Å². The van der Waals surface area contributed by atoms with Crippen molar-refractivity contribution in [2.24, 2.45) is 0 Å². The van der Waals surface area contributed by atoms with Crippen LogP contribution in [0.1, 0.15) is 0 Å². The van der Waals surface area contributed by atoms with E-state index in [1.54, 1.807) is 0 Å². The Labute approximate surface area is 341 Å². The van der Waals surface area contributed by atoms with Crippen molar-refractivity contribution in [3.63, 3.8) is 0 Å². The van der Waals surface area contributed by atoms with Gasteiger partial charge in [-0.05, 0) is 0 Å². The molecular formula is C32H59NO25S. The van der Waals surface area contributed by atoms with Gasteiger partial charge < -0.3 is 130 Å². The predicted molar refractivity (Wildman–Crippen MR) is 188 cm³/mol. The number of thiol groups is 1. The van der Waals surface area contributed by atoms with E-state index < -0.39 is 180 Å². The average molecular weight is 890 g/mol. The molecule has 0 aliphatic carbocycles. The minimum Gasteiger partial charge on any atom is -0.394 e. The topological polar surface area (TPSA) is 430 Å². The summed E-state index contributed by atoms with van der Waals surface area (Å²) in [4.78, 5) is 0. The summed E-state index contributed by atoms with van der Waals surface area (Å²) in [5.74, 6) is 0.317. The Morgan fingerprint density at radius 2 is 0.966 bits per heavy atom. The largest absolute Gasteiger partial charge is 0.394 e. The first-order chi connectivity index (χ1) is 27.9. The number of hydrogen-bond acceptors (Lipinski definition) is 27. The Balaban J connectivity index is 1.53. The molecule has 0 saturated carbocycles. The molecule has 4 fully saturated rings. The molecule has 0 spiro atoms. The summed E-state index contributed by atoms with van der Waals surface area (Å²) in [6, 6.07) is 0. The fraction of sp³-hybridized carbons (Fsp3) is 1.00. The highest BCUT2D eigenvalue weighted by molar-refractivity contribution is 7.80. The van der Waals surface area contributed by atoms with E-state index in [9.17, 15) is 86.8 Å². The number of aliphatic hydroxyl groups excluding tert-OH is 17. The van der Waals surface area contributed by atoms with E-state index >= 15 is 0 Å². The highest BCUT2D eigenvalue weighted by Gasteiger charge is 2.53. The quantitative estimate of drug-likeness (QED) is 0.0398. The van der Waals surface area contributed by atoms with E-state index in [4.69, 9.17) is 37.9 Å². The third kappa shape index (κ3) is 12.1. The lowest BCUT2D eigenvalue weighted by molar-refractivity contribution is -0.368. The van der Waals surface area contributed by atoms with Crippen molar-refractivity contribution in [3.05, 3.63) is 0 Å². The highest BCUT2D eigenvalue weighted by atomic mass is 32.1. The van der Waals surface area contributed by atoms with Crippen LogP contribution >= 0.6 is 12.6 Å². The van der Waals surface area contributed by atoms with E-state index in [-0.39, 0.29) is 13.1 Å². The fourth-order valence-electron chi connectivity index (χ4n) is 6.76. The van der Waals surface area contributed by atoms with Crippen molar-refractivity contribution in [1.82, 2.24) is 5.32 Å². The third-order valence-corrected chi connectivity index (χ3v) is 10.6. The van der Waals surface area contributed by atoms with Crippen molar-refractivity contribution in [1.29, 1.82) is 0 Å². The molecular weight excluding hydrogens is 830 g/mol. The molecule has 24 atom stereocenters. The molecule has 26 nitrogen and oxygen atoms in total. The number of nitrogens with one attached hydrogen (secondary N) is 1. The smallest absolute Gasteiger partial charge is 0.187 e. The zero-order valence-electron chi connectivity index (χ0n) is 31.3. The molecule has 0 amide bonds. The standard InChI is InChI=1S/C32H59NO25S/c34-4-11-16(40)20(44)23(47)29(53-11)52-8-14-19(43)28(58-32-25(49)22(46)18(42)13(6-36)55-32)26(50)30(56-14)51-7-10(38)15(39)27(9(37)3-33-1-2-59)57-31-24(48)21(45)17(41)12(5-35)54-31/h9-50,59H,1-8H2/t9-,10-,11-,12-,13-,14-,15-,16-,17-,18-,19-,20+,21+,22+,23+,24+,25+,26+,27-,28+,29+,30+,31-,32-/m1/s1. The number of hydrogen-bond donors (Lipinski definition) is 19. The second-order valence-electron chi connectivity index (χ2n) is 14.5. The van der Waals surface area contributed by atoms with Gasteiger partial charge in [-0.2, -0.15) is 12.6 Å². The molecule has 4 saturated heterocycles. The maximum Gasteiger partial charge on any atom is 0.187 e. The maximum atomic E-state index is 11.3. The van der Waals surface area contributed by atoms with Gasteiger partial charge in [0.05, 0.1) is 39.1 Å². The van der Waals surface area contributed by atoms with E-state index in [1.807, 2.05) is 0 Å². The Hall–Kier alpha value is -0.690. The van der Waals surface area contributed by atoms with Crippen LogP contribution in [0.4, 0.5) is 0 Å². The summed E-state index contributed by atoms with van der Waals surface area (Å²) in [6.07, 6.45) is -44.3. The third-order valence-electron chi connectivity index (χ3n) is 10.4. The molecule has 18 N–H and O–H groups in total. The minimum absolute atomic E-state index is 0.255. The van der Waals surface area contributed by atoms with Crippen molar-refractivity contribution < 1.29 is 125 Å². The molecule has 0 radical (unpaired) electrons. The van der Waals surface area contributed by atoms with E-state index in [0.29, 0.717) is 5.75 Å². The molecule has 348 valence electrons. The van der Waals surface area contributed by atoms with Crippen molar-refractivity contribution in [2.75, 3.05) is 51.9 Å². The normalized spacial score (nSPS) is 45.5. The van der Waals surface area contributed by atoms with Crippen molar-refractivity contribution >= 4 is 12.6 Å². The Morgan fingerprint density at radius 3 is 1.49 bits per heavy atom. The predicted octanol–water partition coefficient (Wildman–Crippen LogP) is -11.8. The van der Waals surface area contributed by atoms with Crippen LogP contribution in [0.15, 0.2) is 0 Å². The molecule has 59 heavy (non-hydrogen) atoms. The van der Waals surface area contributed by atoms with Gasteiger partial charge in [0.25, 0.3) is 0 Å². The first-order valence-corrected chi connectivity index (χ1v) is 19.4.